The van der Waals surface area contributed by atoms with Gasteiger partial charge in [-0.05, 0) is 19.4 Å². The van der Waals surface area contributed by atoms with Crippen molar-refractivity contribution in [2.75, 3.05) is 11.9 Å². The van der Waals surface area contributed by atoms with Crippen molar-refractivity contribution in [1.82, 2.24) is 10.2 Å². The summed E-state index contributed by atoms with van der Waals surface area (Å²) in [6, 6.07) is 10.1. The van der Waals surface area contributed by atoms with Crippen molar-refractivity contribution >= 4 is 34.8 Å². The molecular weight excluding hydrogens is 320 g/mol. The molecule has 2 rings (SSSR count). The Morgan fingerprint density at radius 3 is 2.55 bits per heavy atom. The Morgan fingerprint density at radius 2 is 1.95 bits per heavy atom. The SMILES string of the molecule is CC(CN)C(=O)Nc1nnc(C(C)(C)c2ccccc2)s1.Cl. The third-order valence-electron chi connectivity index (χ3n) is 3.49. The van der Waals surface area contributed by atoms with Crippen LogP contribution in [0.4, 0.5) is 5.13 Å². The second-order valence-electron chi connectivity index (χ2n) is 5.53. The molecule has 1 unspecified atom stereocenters. The predicted octanol–water partition coefficient (Wildman–Crippen LogP) is 2.82. The Morgan fingerprint density at radius 1 is 1.32 bits per heavy atom. The van der Waals surface area contributed by atoms with Gasteiger partial charge in [-0.25, -0.2) is 0 Å². The molecule has 22 heavy (non-hydrogen) atoms. The minimum Gasteiger partial charge on any atom is -0.330 e. The molecular formula is C15H21ClN4OS. The number of anilines is 1. The number of rotatable bonds is 5. The number of hydrogen-bond donors (Lipinski definition) is 2. The Kier molecular flexibility index (Phi) is 6.47. The van der Waals surface area contributed by atoms with Crippen molar-refractivity contribution < 1.29 is 4.79 Å². The monoisotopic (exact) mass is 340 g/mol. The molecule has 7 heteroatoms. The number of nitrogens with zero attached hydrogens (tertiary/aromatic N) is 2. The minimum absolute atomic E-state index is 0. The van der Waals surface area contributed by atoms with Gasteiger partial charge in [0.25, 0.3) is 0 Å². The zero-order valence-electron chi connectivity index (χ0n) is 12.9. The highest BCUT2D eigenvalue weighted by Crippen LogP contribution is 2.34. The second kappa shape index (κ2) is 7.67. The molecule has 1 heterocycles. The number of nitrogens with one attached hydrogen (secondary N) is 1. The number of amides is 1. The maximum atomic E-state index is 11.8. The molecule has 0 bridgehead atoms. The highest BCUT2D eigenvalue weighted by atomic mass is 35.5. The van der Waals surface area contributed by atoms with Gasteiger partial charge in [0, 0.05) is 17.9 Å². The van der Waals surface area contributed by atoms with Crippen LogP contribution in [0.15, 0.2) is 30.3 Å². The Hall–Kier alpha value is -1.50. The third-order valence-corrected chi connectivity index (χ3v) is 4.65. The van der Waals surface area contributed by atoms with Crippen molar-refractivity contribution in [3.63, 3.8) is 0 Å². The summed E-state index contributed by atoms with van der Waals surface area (Å²) < 4.78 is 0. The summed E-state index contributed by atoms with van der Waals surface area (Å²) in [4.78, 5) is 11.8. The molecule has 1 aromatic heterocycles. The number of halogens is 1. The van der Waals surface area contributed by atoms with E-state index in [2.05, 4.69) is 41.5 Å². The molecule has 5 nitrogen and oxygen atoms in total. The van der Waals surface area contributed by atoms with Gasteiger partial charge in [-0.1, -0.05) is 48.6 Å². The molecule has 1 amide bonds. The molecule has 1 aromatic carbocycles. The number of hydrogen-bond acceptors (Lipinski definition) is 5. The van der Waals surface area contributed by atoms with Crippen LogP contribution in [-0.2, 0) is 10.2 Å². The standard InChI is InChI=1S/C15H20N4OS.ClH/c1-10(9-16)12(20)17-14-19-18-13(21-14)15(2,3)11-7-5-4-6-8-11;/h4-8,10H,9,16H2,1-3H3,(H,17,19,20);1H. The van der Waals surface area contributed by atoms with Gasteiger partial charge in [-0.2, -0.15) is 0 Å². The largest absolute Gasteiger partial charge is 0.330 e. The van der Waals surface area contributed by atoms with Crippen molar-refractivity contribution in [3.05, 3.63) is 40.9 Å². The topological polar surface area (TPSA) is 80.9 Å². The van der Waals surface area contributed by atoms with Gasteiger partial charge in [-0.3, -0.25) is 4.79 Å². The molecule has 0 radical (unpaired) electrons. The number of aromatic nitrogens is 2. The Bertz CT molecular complexity index is 615. The fraction of sp³-hybridized carbons (Fsp3) is 0.400. The van der Waals surface area contributed by atoms with Gasteiger partial charge in [0.2, 0.25) is 11.0 Å². The number of carbonyl (C=O) groups excluding carboxylic acids is 1. The zero-order valence-corrected chi connectivity index (χ0v) is 14.5. The number of benzene rings is 1. The summed E-state index contributed by atoms with van der Waals surface area (Å²) >= 11 is 1.40. The van der Waals surface area contributed by atoms with Gasteiger partial charge in [-0.15, -0.1) is 22.6 Å². The van der Waals surface area contributed by atoms with E-state index in [0.29, 0.717) is 11.7 Å². The second-order valence-corrected chi connectivity index (χ2v) is 6.51. The quantitative estimate of drug-likeness (QED) is 0.877. The zero-order chi connectivity index (χ0) is 15.5. The first-order chi connectivity index (χ1) is 9.95. The van der Waals surface area contributed by atoms with Crippen LogP contribution >= 0.6 is 23.7 Å². The first-order valence-corrected chi connectivity index (χ1v) is 7.67. The lowest BCUT2D eigenvalue weighted by Crippen LogP contribution is -2.26. The van der Waals surface area contributed by atoms with E-state index in [0.717, 1.165) is 10.6 Å². The lowest BCUT2D eigenvalue weighted by atomic mass is 9.85. The summed E-state index contributed by atoms with van der Waals surface area (Å²) in [5, 5.41) is 12.4. The van der Waals surface area contributed by atoms with Gasteiger partial charge < -0.3 is 11.1 Å². The van der Waals surface area contributed by atoms with Gasteiger partial charge in [0.15, 0.2) is 0 Å². The summed E-state index contributed by atoms with van der Waals surface area (Å²) in [6.07, 6.45) is 0. The number of nitrogens with two attached hydrogens (primary N) is 1. The van der Waals surface area contributed by atoms with Crippen molar-refractivity contribution in [3.8, 4) is 0 Å². The van der Waals surface area contributed by atoms with Crippen LogP contribution < -0.4 is 11.1 Å². The van der Waals surface area contributed by atoms with E-state index in [4.69, 9.17) is 5.73 Å². The van der Waals surface area contributed by atoms with E-state index >= 15 is 0 Å². The van der Waals surface area contributed by atoms with Crippen LogP contribution in [0, 0.1) is 5.92 Å². The smallest absolute Gasteiger partial charge is 0.230 e. The molecule has 1 atom stereocenters. The number of carbonyl (C=O) groups is 1. The summed E-state index contributed by atoms with van der Waals surface area (Å²) in [5.74, 6) is -0.364. The normalized spacial score (nSPS) is 12.4. The van der Waals surface area contributed by atoms with E-state index in [9.17, 15) is 4.79 Å². The molecule has 0 fully saturated rings. The van der Waals surface area contributed by atoms with Crippen LogP contribution in [0.2, 0.25) is 0 Å². The average Bonchev–Trinajstić information content (AvgIpc) is 2.96. The molecule has 0 spiro atoms. The molecule has 0 aliphatic carbocycles. The summed E-state index contributed by atoms with van der Waals surface area (Å²) in [5.41, 5.74) is 6.40. The Balaban J connectivity index is 0.00000242. The first kappa shape index (κ1) is 18.5. The van der Waals surface area contributed by atoms with Crippen LogP contribution in [0.1, 0.15) is 31.3 Å². The first-order valence-electron chi connectivity index (χ1n) is 6.85. The van der Waals surface area contributed by atoms with Crippen LogP contribution in [-0.4, -0.2) is 22.6 Å². The van der Waals surface area contributed by atoms with Gasteiger partial charge in [0.1, 0.15) is 5.01 Å². The lowest BCUT2D eigenvalue weighted by molar-refractivity contribution is -0.119. The minimum atomic E-state index is -0.249. The molecule has 2 aromatic rings. The molecule has 0 saturated heterocycles. The van der Waals surface area contributed by atoms with E-state index < -0.39 is 0 Å². The molecule has 3 N–H and O–H groups in total. The van der Waals surface area contributed by atoms with Crippen molar-refractivity contribution in [2.45, 2.75) is 26.2 Å². The maximum Gasteiger partial charge on any atom is 0.230 e. The van der Waals surface area contributed by atoms with E-state index in [-0.39, 0.29) is 29.6 Å². The van der Waals surface area contributed by atoms with Gasteiger partial charge >= 0.3 is 0 Å². The van der Waals surface area contributed by atoms with Gasteiger partial charge in [0.05, 0.1) is 0 Å². The highest BCUT2D eigenvalue weighted by molar-refractivity contribution is 7.15. The molecule has 0 aliphatic rings. The van der Waals surface area contributed by atoms with Crippen LogP contribution in [0.5, 0.6) is 0 Å². The highest BCUT2D eigenvalue weighted by Gasteiger charge is 2.27. The average molecular weight is 341 g/mol. The fourth-order valence-corrected chi connectivity index (χ4v) is 2.71. The maximum absolute atomic E-state index is 11.8. The van der Waals surface area contributed by atoms with E-state index in [1.807, 2.05) is 18.2 Å². The Labute approximate surface area is 140 Å². The van der Waals surface area contributed by atoms with E-state index in [1.54, 1.807) is 6.92 Å². The summed E-state index contributed by atoms with van der Waals surface area (Å²) in [6.45, 7) is 6.28. The van der Waals surface area contributed by atoms with Crippen molar-refractivity contribution in [2.24, 2.45) is 11.7 Å². The summed E-state index contributed by atoms with van der Waals surface area (Å²) in [7, 11) is 0. The van der Waals surface area contributed by atoms with E-state index in [1.165, 1.54) is 11.3 Å². The lowest BCUT2D eigenvalue weighted by Gasteiger charge is -2.21. The molecule has 0 aliphatic heterocycles. The predicted molar refractivity (Wildman–Crippen MR) is 92.6 cm³/mol. The van der Waals surface area contributed by atoms with Crippen LogP contribution in [0.25, 0.3) is 0 Å². The van der Waals surface area contributed by atoms with Crippen LogP contribution in [0.3, 0.4) is 0 Å². The molecule has 120 valence electrons. The fourth-order valence-electron chi connectivity index (χ4n) is 1.84. The van der Waals surface area contributed by atoms with Crippen molar-refractivity contribution in [1.29, 1.82) is 0 Å². The third kappa shape index (κ3) is 4.03. The molecule has 0 saturated carbocycles.